The molecule has 3 aromatic rings. The Morgan fingerprint density at radius 3 is 2.33 bits per heavy atom. The highest BCUT2D eigenvalue weighted by Gasteiger charge is 2.28. The SMILES string of the molecule is CCN(c1cc(-c2ccc(OCCO)cc2)cc(C(=O)NCc2c(C)cc(C)[nH]c2=O)c1C)C1CCC(NC(=O)O)CC1. The molecule has 43 heavy (non-hydrogen) atoms. The summed E-state index contributed by atoms with van der Waals surface area (Å²) >= 11 is 0. The van der Waals surface area contributed by atoms with E-state index in [9.17, 15) is 14.4 Å². The second-order valence-electron chi connectivity index (χ2n) is 11.1. The number of hydrogen-bond acceptors (Lipinski definition) is 6. The number of carbonyl (C=O) groups is 2. The molecule has 1 aliphatic rings. The van der Waals surface area contributed by atoms with Crippen LogP contribution in [-0.4, -0.2) is 59.0 Å². The maximum absolute atomic E-state index is 13.7. The Kier molecular flexibility index (Phi) is 10.5. The van der Waals surface area contributed by atoms with Crippen molar-refractivity contribution in [2.75, 3.05) is 24.7 Å². The number of aliphatic hydroxyl groups excluding tert-OH is 1. The number of amides is 2. The van der Waals surface area contributed by atoms with Gasteiger partial charge >= 0.3 is 6.09 Å². The lowest BCUT2D eigenvalue weighted by molar-refractivity contribution is 0.0950. The van der Waals surface area contributed by atoms with E-state index in [1.807, 2.05) is 57.2 Å². The van der Waals surface area contributed by atoms with Crippen LogP contribution in [0, 0.1) is 20.8 Å². The zero-order valence-corrected chi connectivity index (χ0v) is 25.3. The molecule has 10 heteroatoms. The first kappa shape index (κ1) is 31.6. The molecule has 4 rings (SSSR count). The zero-order valence-electron chi connectivity index (χ0n) is 25.3. The second-order valence-corrected chi connectivity index (χ2v) is 11.1. The number of hydrogen-bond donors (Lipinski definition) is 5. The molecule has 1 fully saturated rings. The Bertz CT molecular complexity index is 1490. The topological polar surface area (TPSA) is 144 Å². The van der Waals surface area contributed by atoms with E-state index in [0.29, 0.717) is 16.9 Å². The first-order chi connectivity index (χ1) is 20.6. The Labute approximate surface area is 252 Å². The Morgan fingerprint density at radius 2 is 1.72 bits per heavy atom. The molecular weight excluding hydrogens is 548 g/mol. The molecule has 0 saturated heterocycles. The first-order valence-electron chi connectivity index (χ1n) is 14.8. The predicted molar refractivity (Wildman–Crippen MR) is 167 cm³/mol. The minimum absolute atomic E-state index is 0.0545. The number of rotatable bonds is 11. The number of benzene rings is 2. The smallest absolute Gasteiger partial charge is 0.404 e. The van der Waals surface area contributed by atoms with Crippen molar-refractivity contribution in [1.29, 1.82) is 0 Å². The van der Waals surface area contributed by atoms with E-state index in [-0.39, 0.29) is 43.3 Å². The zero-order chi connectivity index (χ0) is 31.1. The molecule has 1 heterocycles. The fourth-order valence-electron chi connectivity index (χ4n) is 6.00. The molecule has 2 amide bonds. The third kappa shape index (κ3) is 7.75. The van der Waals surface area contributed by atoms with Crippen molar-refractivity contribution in [1.82, 2.24) is 15.6 Å². The van der Waals surface area contributed by atoms with Gasteiger partial charge in [0, 0.05) is 47.7 Å². The fraction of sp³-hybridized carbons (Fsp3) is 0.424. The summed E-state index contributed by atoms with van der Waals surface area (Å²) in [7, 11) is 0. The molecule has 2 aromatic carbocycles. The average Bonchev–Trinajstić information content (AvgIpc) is 2.97. The molecule has 0 atom stereocenters. The van der Waals surface area contributed by atoms with Crippen LogP contribution in [0.2, 0.25) is 0 Å². The van der Waals surface area contributed by atoms with Gasteiger partial charge in [-0.2, -0.15) is 0 Å². The van der Waals surface area contributed by atoms with E-state index < -0.39 is 6.09 Å². The number of aromatic nitrogens is 1. The van der Waals surface area contributed by atoms with Gasteiger partial charge in [0.1, 0.15) is 12.4 Å². The Morgan fingerprint density at radius 1 is 1.02 bits per heavy atom. The van der Waals surface area contributed by atoms with Gasteiger partial charge in [0.2, 0.25) is 0 Å². The number of carbonyl (C=O) groups excluding carboxylic acids is 1. The van der Waals surface area contributed by atoms with E-state index in [2.05, 4.69) is 33.5 Å². The van der Waals surface area contributed by atoms with Crippen LogP contribution in [0.5, 0.6) is 5.75 Å². The number of nitrogens with zero attached hydrogens (tertiary/aromatic N) is 1. The minimum Gasteiger partial charge on any atom is -0.491 e. The molecule has 0 aliphatic heterocycles. The van der Waals surface area contributed by atoms with Crippen LogP contribution in [0.1, 0.15) is 65.3 Å². The minimum atomic E-state index is -0.995. The number of H-pyrrole nitrogens is 1. The molecule has 10 nitrogen and oxygen atoms in total. The molecule has 1 aromatic heterocycles. The Hall–Kier alpha value is -4.31. The molecule has 5 N–H and O–H groups in total. The van der Waals surface area contributed by atoms with Gasteiger partial charge in [-0.15, -0.1) is 0 Å². The van der Waals surface area contributed by atoms with Crippen molar-refractivity contribution in [3.63, 3.8) is 0 Å². The maximum atomic E-state index is 13.7. The van der Waals surface area contributed by atoms with Gasteiger partial charge < -0.3 is 35.5 Å². The quantitative estimate of drug-likeness (QED) is 0.218. The van der Waals surface area contributed by atoms with Gasteiger partial charge in [-0.25, -0.2) is 4.79 Å². The number of nitrogens with one attached hydrogen (secondary N) is 3. The van der Waals surface area contributed by atoms with Crippen LogP contribution in [0.3, 0.4) is 0 Å². The Balaban J connectivity index is 1.68. The number of aromatic amines is 1. The van der Waals surface area contributed by atoms with Gasteiger partial charge in [-0.1, -0.05) is 12.1 Å². The van der Waals surface area contributed by atoms with Gasteiger partial charge in [-0.05, 0) is 106 Å². The number of aliphatic hydroxyl groups is 1. The van der Waals surface area contributed by atoms with E-state index in [1.165, 1.54) is 0 Å². The van der Waals surface area contributed by atoms with Crippen LogP contribution in [0.4, 0.5) is 10.5 Å². The van der Waals surface area contributed by atoms with E-state index in [4.69, 9.17) is 14.9 Å². The van der Waals surface area contributed by atoms with Crippen LogP contribution in [0.25, 0.3) is 11.1 Å². The molecule has 230 valence electrons. The molecule has 0 spiro atoms. The van der Waals surface area contributed by atoms with Crippen LogP contribution in [-0.2, 0) is 6.54 Å². The van der Waals surface area contributed by atoms with Crippen LogP contribution in [0.15, 0.2) is 47.3 Å². The van der Waals surface area contributed by atoms with Gasteiger partial charge in [-0.3, -0.25) is 9.59 Å². The summed E-state index contributed by atoms with van der Waals surface area (Å²) in [6, 6.07) is 13.6. The number of carboxylic acid groups (broad SMARTS) is 1. The van der Waals surface area contributed by atoms with Gasteiger partial charge in [0.05, 0.1) is 6.61 Å². The summed E-state index contributed by atoms with van der Waals surface area (Å²) < 4.78 is 5.53. The van der Waals surface area contributed by atoms with Gasteiger partial charge in [0.25, 0.3) is 11.5 Å². The second kappa shape index (κ2) is 14.2. The van der Waals surface area contributed by atoms with Crippen LogP contribution >= 0.6 is 0 Å². The highest BCUT2D eigenvalue weighted by atomic mass is 16.5. The average molecular weight is 591 g/mol. The van der Waals surface area contributed by atoms with Crippen molar-refractivity contribution >= 4 is 17.7 Å². The molecule has 1 saturated carbocycles. The summed E-state index contributed by atoms with van der Waals surface area (Å²) in [5.74, 6) is 0.372. The maximum Gasteiger partial charge on any atom is 0.404 e. The fourth-order valence-corrected chi connectivity index (χ4v) is 6.00. The summed E-state index contributed by atoms with van der Waals surface area (Å²) in [4.78, 5) is 42.6. The monoisotopic (exact) mass is 590 g/mol. The molecule has 1 aliphatic carbocycles. The summed E-state index contributed by atoms with van der Waals surface area (Å²) in [6.07, 6.45) is 2.16. The highest BCUT2D eigenvalue weighted by Crippen LogP contribution is 2.35. The number of aryl methyl sites for hydroxylation is 2. The lowest BCUT2D eigenvalue weighted by atomic mass is 9.88. The lowest BCUT2D eigenvalue weighted by Gasteiger charge is -2.39. The molecule has 0 bridgehead atoms. The number of ether oxygens (including phenoxy) is 1. The molecule has 0 radical (unpaired) electrons. The first-order valence-corrected chi connectivity index (χ1v) is 14.8. The predicted octanol–water partition coefficient (Wildman–Crippen LogP) is 4.67. The standard InChI is InChI=1S/C33H42N4O6/c1-5-37(26-10-8-25(9-11-26)36-33(41)42)30-18-24(23-6-12-27(13-7-23)43-15-14-38)17-28(22(30)4)31(39)34-19-29-20(2)16-21(3)35-32(29)40/h6-7,12-13,16-18,25-26,36,38H,5,8-11,14-15,19H2,1-4H3,(H,34,39)(H,35,40)(H,41,42). The number of anilines is 1. The molecular formula is C33H42N4O6. The van der Waals surface area contributed by atoms with Crippen molar-refractivity contribution < 1.29 is 24.5 Å². The summed E-state index contributed by atoms with van der Waals surface area (Å²) in [5.41, 5.74) is 5.98. The third-order valence-electron chi connectivity index (χ3n) is 8.21. The van der Waals surface area contributed by atoms with Gasteiger partial charge in [0.15, 0.2) is 0 Å². The van der Waals surface area contributed by atoms with E-state index >= 15 is 0 Å². The van der Waals surface area contributed by atoms with E-state index in [1.54, 1.807) is 0 Å². The lowest BCUT2D eigenvalue weighted by Crippen LogP contribution is -2.44. The third-order valence-corrected chi connectivity index (χ3v) is 8.21. The van der Waals surface area contributed by atoms with Crippen molar-refractivity contribution in [2.45, 2.75) is 72.0 Å². The normalized spacial score (nSPS) is 16.4. The molecule has 0 unspecified atom stereocenters. The van der Waals surface area contributed by atoms with Crippen molar-refractivity contribution in [2.24, 2.45) is 0 Å². The van der Waals surface area contributed by atoms with Crippen molar-refractivity contribution in [3.8, 4) is 16.9 Å². The van der Waals surface area contributed by atoms with Crippen molar-refractivity contribution in [3.05, 3.63) is 80.8 Å². The highest BCUT2D eigenvalue weighted by molar-refractivity contribution is 5.99. The van der Waals surface area contributed by atoms with E-state index in [0.717, 1.165) is 65.9 Å². The number of pyridine rings is 1. The van der Waals surface area contributed by atoms with Crippen LogP contribution < -0.4 is 25.8 Å². The summed E-state index contributed by atoms with van der Waals surface area (Å²) in [6.45, 7) is 8.69. The summed E-state index contributed by atoms with van der Waals surface area (Å²) in [5, 5.41) is 23.8. The largest absolute Gasteiger partial charge is 0.491 e.